The SMILES string of the molecule is CCOC(=O)c1[nH]nc(-c2ccccn2)c1N.N#CCc1ccccn1. The Morgan fingerprint density at radius 2 is 1.96 bits per heavy atom. The van der Waals surface area contributed by atoms with Crippen LogP contribution in [0.1, 0.15) is 23.1 Å². The summed E-state index contributed by atoms with van der Waals surface area (Å²) < 4.78 is 4.85. The van der Waals surface area contributed by atoms with E-state index in [1.54, 1.807) is 31.5 Å². The van der Waals surface area contributed by atoms with Gasteiger partial charge in [-0.05, 0) is 31.2 Å². The van der Waals surface area contributed by atoms with Gasteiger partial charge in [0.15, 0.2) is 5.69 Å². The first-order valence-corrected chi connectivity index (χ1v) is 7.86. The molecule has 0 radical (unpaired) electrons. The molecule has 0 aromatic carbocycles. The number of nitrogens with one attached hydrogen (secondary N) is 1. The lowest BCUT2D eigenvalue weighted by Gasteiger charge is -2.00. The number of nitriles is 1. The van der Waals surface area contributed by atoms with E-state index in [1.807, 2.05) is 30.3 Å². The first-order valence-electron chi connectivity index (χ1n) is 7.86. The van der Waals surface area contributed by atoms with Crippen molar-refractivity contribution in [2.24, 2.45) is 0 Å². The van der Waals surface area contributed by atoms with Gasteiger partial charge in [0, 0.05) is 12.4 Å². The average molecular weight is 350 g/mol. The van der Waals surface area contributed by atoms with Crippen molar-refractivity contribution in [3.8, 4) is 17.5 Å². The van der Waals surface area contributed by atoms with E-state index in [0.717, 1.165) is 5.69 Å². The standard InChI is InChI=1S/C11H12N4O2.C7H6N2/c1-2-17-11(16)10-8(12)9(14-15-10)7-5-3-4-6-13-7;8-5-4-7-3-1-2-6-9-7/h3-6H,2,12H2,1H3,(H,14,15);1-3,6H,4H2. The normalized spacial score (nSPS) is 9.54. The van der Waals surface area contributed by atoms with Gasteiger partial charge in [-0.1, -0.05) is 12.1 Å². The number of carbonyl (C=O) groups is 1. The van der Waals surface area contributed by atoms with Crippen LogP contribution in [0.5, 0.6) is 0 Å². The topological polar surface area (TPSA) is 131 Å². The number of carbonyl (C=O) groups excluding carboxylic acids is 1. The van der Waals surface area contributed by atoms with Crippen molar-refractivity contribution in [3.05, 3.63) is 60.2 Å². The number of hydrogen-bond acceptors (Lipinski definition) is 7. The zero-order valence-corrected chi connectivity index (χ0v) is 14.2. The quantitative estimate of drug-likeness (QED) is 0.691. The van der Waals surface area contributed by atoms with Crippen molar-refractivity contribution in [2.75, 3.05) is 12.3 Å². The summed E-state index contributed by atoms with van der Waals surface area (Å²) in [5, 5.41) is 14.8. The fraction of sp³-hybridized carbons (Fsp3) is 0.167. The monoisotopic (exact) mass is 350 g/mol. The molecular formula is C18H18N6O2. The molecule has 3 aromatic rings. The maximum atomic E-state index is 11.5. The number of aromatic amines is 1. The molecule has 0 atom stereocenters. The van der Waals surface area contributed by atoms with Gasteiger partial charge in [-0.25, -0.2) is 4.79 Å². The Hall–Kier alpha value is -3.73. The summed E-state index contributed by atoms with van der Waals surface area (Å²) >= 11 is 0. The third-order valence-electron chi connectivity index (χ3n) is 3.18. The maximum Gasteiger partial charge on any atom is 0.358 e. The molecule has 8 nitrogen and oxygen atoms in total. The Balaban J connectivity index is 0.000000228. The molecule has 0 aliphatic heterocycles. The van der Waals surface area contributed by atoms with Crippen molar-refractivity contribution in [1.29, 1.82) is 5.26 Å². The number of esters is 1. The van der Waals surface area contributed by atoms with Crippen LogP contribution < -0.4 is 5.73 Å². The predicted molar refractivity (Wildman–Crippen MR) is 95.7 cm³/mol. The number of anilines is 1. The summed E-state index contributed by atoms with van der Waals surface area (Å²) in [5.74, 6) is -0.514. The van der Waals surface area contributed by atoms with E-state index in [-0.39, 0.29) is 18.0 Å². The smallest absolute Gasteiger partial charge is 0.358 e. The minimum absolute atomic E-state index is 0.160. The van der Waals surface area contributed by atoms with E-state index < -0.39 is 5.97 Å². The van der Waals surface area contributed by atoms with E-state index in [1.165, 1.54) is 0 Å². The molecule has 0 amide bonds. The van der Waals surface area contributed by atoms with Crippen LogP contribution in [-0.4, -0.2) is 32.7 Å². The summed E-state index contributed by atoms with van der Waals surface area (Å²) in [6, 6.07) is 12.9. The molecule has 0 aliphatic rings. The number of nitrogens with two attached hydrogens (primary N) is 1. The van der Waals surface area contributed by atoms with E-state index >= 15 is 0 Å². The van der Waals surface area contributed by atoms with Gasteiger partial charge in [0.05, 0.1) is 36.2 Å². The van der Waals surface area contributed by atoms with Crippen molar-refractivity contribution >= 4 is 11.7 Å². The van der Waals surface area contributed by atoms with Crippen LogP contribution >= 0.6 is 0 Å². The Morgan fingerprint density at radius 3 is 2.54 bits per heavy atom. The summed E-state index contributed by atoms with van der Waals surface area (Å²) in [4.78, 5) is 19.6. The van der Waals surface area contributed by atoms with Crippen LogP contribution in [0.2, 0.25) is 0 Å². The minimum atomic E-state index is -0.514. The minimum Gasteiger partial charge on any atom is -0.461 e. The van der Waals surface area contributed by atoms with Crippen LogP contribution in [0.4, 0.5) is 5.69 Å². The fourth-order valence-corrected chi connectivity index (χ4v) is 1.99. The molecule has 3 N–H and O–H groups in total. The molecule has 0 unspecified atom stereocenters. The number of hydrogen-bond donors (Lipinski definition) is 2. The first-order chi connectivity index (χ1) is 12.7. The Morgan fingerprint density at radius 1 is 1.23 bits per heavy atom. The van der Waals surface area contributed by atoms with Gasteiger partial charge < -0.3 is 10.5 Å². The third-order valence-corrected chi connectivity index (χ3v) is 3.18. The van der Waals surface area contributed by atoms with Gasteiger partial charge in [0.25, 0.3) is 0 Å². The first kappa shape index (κ1) is 18.6. The second kappa shape index (κ2) is 9.54. The lowest BCUT2D eigenvalue weighted by Crippen LogP contribution is -2.07. The zero-order chi connectivity index (χ0) is 18.8. The Kier molecular flexibility index (Phi) is 6.83. The maximum absolute atomic E-state index is 11.5. The highest BCUT2D eigenvalue weighted by molar-refractivity contribution is 5.96. The Bertz CT molecular complexity index is 872. The molecule has 3 aromatic heterocycles. The Labute approximate surface area is 150 Å². The second-order valence-corrected chi connectivity index (χ2v) is 4.95. The highest BCUT2D eigenvalue weighted by Crippen LogP contribution is 2.24. The molecule has 0 saturated heterocycles. The molecular weight excluding hydrogens is 332 g/mol. The van der Waals surface area contributed by atoms with Gasteiger partial charge in [-0.15, -0.1) is 0 Å². The van der Waals surface area contributed by atoms with Crippen LogP contribution in [0.25, 0.3) is 11.4 Å². The molecule has 0 spiro atoms. The van der Waals surface area contributed by atoms with E-state index in [0.29, 0.717) is 17.8 Å². The summed E-state index contributed by atoms with van der Waals surface area (Å²) in [6.45, 7) is 2.01. The van der Waals surface area contributed by atoms with Gasteiger partial charge in [-0.3, -0.25) is 15.1 Å². The van der Waals surface area contributed by atoms with Crippen LogP contribution in [-0.2, 0) is 11.2 Å². The van der Waals surface area contributed by atoms with Crippen molar-refractivity contribution in [2.45, 2.75) is 13.3 Å². The number of pyridine rings is 2. The molecule has 132 valence electrons. The summed E-state index contributed by atoms with van der Waals surface area (Å²) in [6.07, 6.45) is 3.72. The van der Waals surface area contributed by atoms with Crippen molar-refractivity contribution in [3.63, 3.8) is 0 Å². The zero-order valence-electron chi connectivity index (χ0n) is 14.2. The predicted octanol–water partition coefficient (Wildman–Crippen LogP) is 2.38. The number of nitrogens with zero attached hydrogens (tertiary/aromatic N) is 4. The number of ether oxygens (including phenoxy) is 1. The number of aromatic nitrogens is 4. The largest absolute Gasteiger partial charge is 0.461 e. The summed E-state index contributed by atoms with van der Waals surface area (Å²) in [5.41, 5.74) is 8.14. The van der Waals surface area contributed by atoms with Crippen LogP contribution in [0, 0.1) is 11.3 Å². The molecule has 8 heteroatoms. The summed E-state index contributed by atoms with van der Waals surface area (Å²) in [7, 11) is 0. The molecule has 3 rings (SSSR count). The molecule has 26 heavy (non-hydrogen) atoms. The number of rotatable bonds is 4. The lowest BCUT2D eigenvalue weighted by atomic mass is 10.2. The van der Waals surface area contributed by atoms with Gasteiger partial charge in [0.2, 0.25) is 0 Å². The van der Waals surface area contributed by atoms with Gasteiger partial charge in [0.1, 0.15) is 5.69 Å². The average Bonchev–Trinajstić information content (AvgIpc) is 3.06. The molecule has 3 heterocycles. The third kappa shape index (κ3) is 4.88. The van der Waals surface area contributed by atoms with E-state index in [2.05, 4.69) is 20.2 Å². The molecule has 0 aliphatic carbocycles. The molecule has 0 bridgehead atoms. The van der Waals surface area contributed by atoms with Crippen molar-refractivity contribution in [1.82, 2.24) is 20.2 Å². The van der Waals surface area contributed by atoms with Crippen molar-refractivity contribution < 1.29 is 9.53 Å². The van der Waals surface area contributed by atoms with Crippen LogP contribution in [0.3, 0.4) is 0 Å². The second-order valence-electron chi connectivity index (χ2n) is 4.95. The number of H-pyrrole nitrogens is 1. The van der Waals surface area contributed by atoms with Gasteiger partial charge >= 0.3 is 5.97 Å². The molecule has 0 saturated carbocycles. The fourth-order valence-electron chi connectivity index (χ4n) is 1.99. The van der Waals surface area contributed by atoms with E-state index in [9.17, 15) is 4.79 Å². The van der Waals surface area contributed by atoms with E-state index in [4.69, 9.17) is 15.7 Å². The highest BCUT2D eigenvalue weighted by atomic mass is 16.5. The highest BCUT2D eigenvalue weighted by Gasteiger charge is 2.19. The molecule has 0 fully saturated rings. The van der Waals surface area contributed by atoms with Crippen LogP contribution in [0.15, 0.2) is 48.8 Å². The number of nitrogen functional groups attached to an aromatic ring is 1. The lowest BCUT2D eigenvalue weighted by molar-refractivity contribution is 0.0520. The van der Waals surface area contributed by atoms with Gasteiger partial charge in [-0.2, -0.15) is 10.4 Å².